The summed E-state index contributed by atoms with van der Waals surface area (Å²) in [6.45, 7) is 1.38. The molecule has 0 saturated carbocycles. The first kappa shape index (κ1) is 14.0. The molecule has 0 radical (unpaired) electrons. The number of rotatable bonds is 4. The third kappa shape index (κ3) is 8.61. The van der Waals surface area contributed by atoms with Crippen molar-refractivity contribution in [3.8, 4) is 0 Å². The Balaban J connectivity index is 0.000000255. The smallest absolute Gasteiger partial charge is 0.465 e. The maximum absolute atomic E-state index is 4.66. The number of quaternary nitrogens is 4. The first-order valence-electron chi connectivity index (χ1n) is 5.43. The van der Waals surface area contributed by atoms with Gasteiger partial charge in [-0.05, 0) is 0 Å². The van der Waals surface area contributed by atoms with Crippen LogP contribution >= 0.6 is 0 Å². The molecule has 1 saturated heterocycles. The summed E-state index contributed by atoms with van der Waals surface area (Å²) in [4.78, 5) is 0. The molecular weight excluding hydrogens is 179 g/mol. The van der Waals surface area contributed by atoms with Crippen LogP contribution in [-0.4, -0.2) is 57.6 Å². The van der Waals surface area contributed by atoms with Gasteiger partial charge in [-0.15, -0.1) is 0 Å². The Bertz CT molecular complexity index is 114. The molecule has 0 aromatic heterocycles. The SMILES string of the molecule is COCCOC.[BH3-][NH2+][BH-]1[NH2+][BH2-][NH2+][BH2-][NH2+]1. The maximum Gasteiger partial charge on any atom is 0.465 e. The van der Waals surface area contributed by atoms with Crippen molar-refractivity contribution in [1.29, 1.82) is 0 Å². The number of hydrogen-bond donors (Lipinski definition) is 4. The monoisotopic (exact) mass is 206 g/mol. The largest absolute Gasteiger partial charge is 0.646 e. The predicted octanol–water partition coefficient (Wildman–Crippen LogP) is -9.47. The van der Waals surface area contributed by atoms with Gasteiger partial charge in [-0.1, -0.05) is 0 Å². The topological polar surface area (TPSA) is 84.9 Å². The molecule has 1 heterocycles. The van der Waals surface area contributed by atoms with Crippen LogP contribution in [0.3, 0.4) is 0 Å². The van der Waals surface area contributed by atoms with E-state index in [2.05, 4.69) is 30.0 Å². The van der Waals surface area contributed by atoms with Crippen LogP contribution in [-0.2, 0) is 9.47 Å². The molecule has 1 aliphatic rings. The average molecular weight is 206 g/mol. The van der Waals surface area contributed by atoms with Gasteiger partial charge in [-0.3, -0.25) is 0 Å². The molecular formula is C4H26B4N4O2. The van der Waals surface area contributed by atoms with E-state index in [9.17, 15) is 0 Å². The zero-order chi connectivity index (χ0) is 10.6. The van der Waals surface area contributed by atoms with Crippen molar-refractivity contribution in [1.82, 2.24) is 0 Å². The number of nitrogens with two attached hydrogens (primary N) is 4. The minimum absolute atomic E-state index is 0.188. The summed E-state index contributed by atoms with van der Waals surface area (Å²) in [5.74, 6) is 0. The van der Waals surface area contributed by atoms with Crippen LogP contribution in [0.2, 0.25) is 0 Å². The molecule has 8 N–H and O–H groups in total. The van der Waals surface area contributed by atoms with Crippen molar-refractivity contribution in [3.63, 3.8) is 0 Å². The van der Waals surface area contributed by atoms with E-state index in [1.807, 2.05) is 0 Å². The van der Waals surface area contributed by atoms with Gasteiger partial charge in [-0.2, -0.15) is 0 Å². The van der Waals surface area contributed by atoms with Gasteiger partial charge >= 0.3 is 22.2 Å². The Kier molecular flexibility index (Phi) is 11.1. The van der Waals surface area contributed by atoms with Crippen LogP contribution in [0.25, 0.3) is 0 Å². The van der Waals surface area contributed by atoms with E-state index in [4.69, 9.17) is 0 Å². The lowest BCUT2D eigenvalue weighted by Gasteiger charge is -2.30. The van der Waals surface area contributed by atoms with Crippen LogP contribution in [0.5, 0.6) is 0 Å². The molecule has 0 atom stereocenters. The highest BCUT2D eigenvalue weighted by atomic mass is 16.5. The van der Waals surface area contributed by atoms with Gasteiger partial charge < -0.3 is 30.0 Å². The summed E-state index contributed by atoms with van der Waals surface area (Å²) < 4.78 is 9.31. The van der Waals surface area contributed by atoms with Crippen molar-refractivity contribution in [2.45, 2.75) is 0 Å². The van der Waals surface area contributed by atoms with Gasteiger partial charge in [-0.25, -0.2) is 0 Å². The van der Waals surface area contributed by atoms with Gasteiger partial charge in [0.15, 0.2) is 0 Å². The molecule has 14 heavy (non-hydrogen) atoms. The number of methoxy groups -OCH3 is 2. The normalized spacial score (nSPS) is 17.4. The summed E-state index contributed by atoms with van der Waals surface area (Å²) in [6, 6.07) is 0. The summed E-state index contributed by atoms with van der Waals surface area (Å²) in [5.41, 5.74) is 0. The maximum atomic E-state index is 4.66. The standard InChI is InChI=1S/C4H10O2.B4H16N4/c1-5-3-4-6-2;1-5-4-7-2-6-3-8-4/h3-4H2,1-2H3;4H,2-3,5-8H2,1H3. The average Bonchev–Trinajstić information content (AvgIpc) is 2.28. The van der Waals surface area contributed by atoms with Crippen LogP contribution in [0.4, 0.5) is 0 Å². The lowest BCUT2D eigenvalue weighted by atomic mass is 9.74. The Morgan fingerprint density at radius 1 is 1.21 bits per heavy atom. The molecule has 1 fully saturated rings. The second-order valence-electron chi connectivity index (χ2n) is 3.75. The van der Waals surface area contributed by atoms with Crippen molar-refractivity contribution < 1.29 is 30.0 Å². The van der Waals surface area contributed by atoms with Crippen molar-refractivity contribution in [2.75, 3.05) is 27.4 Å². The van der Waals surface area contributed by atoms with Gasteiger partial charge in [0.2, 0.25) is 0 Å². The van der Waals surface area contributed by atoms with Gasteiger partial charge in [0, 0.05) is 14.2 Å². The highest BCUT2D eigenvalue weighted by Gasteiger charge is 2.09. The Hall–Kier alpha value is 0.0197. The Labute approximate surface area is 88.4 Å². The molecule has 0 aromatic carbocycles. The van der Waals surface area contributed by atoms with Gasteiger partial charge in [0.25, 0.3) is 0 Å². The van der Waals surface area contributed by atoms with Crippen molar-refractivity contribution in [2.24, 2.45) is 0 Å². The lowest BCUT2D eigenvalue weighted by Crippen LogP contribution is -3.44. The molecule has 10 heteroatoms. The molecule has 86 valence electrons. The highest BCUT2D eigenvalue weighted by Crippen LogP contribution is 1.65. The van der Waals surface area contributed by atoms with Crippen molar-refractivity contribution >= 4 is 30.2 Å². The van der Waals surface area contributed by atoms with E-state index < -0.39 is 0 Å². The molecule has 0 bridgehead atoms. The van der Waals surface area contributed by atoms with E-state index in [-0.39, 0.29) is 7.12 Å². The molecule has 0 amide bonds. The molecule has 0 spiro atoms. The molecule has 1 aliphatic heterocycles. The second kappa shape index (κ2) is 11.1. The molecule has 0 aliphatic carbocycles. The molecule has 1 rings (SSSR count). The highest BCUT2D eigenvalue weighted by molar-refractivity contribution is 6.46. The van der Waals surface area contributed by atoms with Crippen LogP contribution in [0.1, 0.15) is 0 Å². The quantitative estimate of drug-likeness (QED) is 0.271. The van der Waals surface area contributed by atoms with Gasteiger partial charge in [0.05, 0.1) is 13.2 Å². The van der Waals surface area contributed by atoms with Gasteiger partial charge in [0.1, 0.15) is 7.98 Å². The van der Waals surface area contributed by atoms with E-state index in [1.54, 1.807) is 14.2 Å². The number of ether oxygens (including phenoxy) is 2. The van der Waals surface area contributed by atoms with Crippen LogP contribution in [0, 0.1) is 0 Å². The summed E-state index contributed by atoms with van der Waals surface area (Å²) >= 11 is 0. The van der Waals surface area contributed by atoms with Crippen LogP contribution < -0.4 is 20.6 Å². The summed E-state index contributed by atoms with van der Waals surface area (Å²) in [7, 11) is 4.84. The Morgan fingerprint density at radius 2 is 1.71 bits per heavy atom. The predicted molar refractivity (Wildman–Crippen MR) is 65.6 cm³/mol. The third-order valence-corrected chi connectivity index (χ3v) is 2.57. The minimum atomic E-state index is 0.188. The third-order valence-electron chi connectivity index (χ3n) is 2.57. The van der Waals surface area contributed by atoms with Crippen molar-refractivity contribution in [3.05, 3.63) is 0 Å². The molecule has 6 nitrogen and oxygen atoms in total. The van der Waals surface area contributed by atoms with Crippen LogP contribution in [0.15, 0.2) is 0 Å². The fourth-order valence-corrected chi connectivity index (χ4v) is 1.61. The summed E-state index contributed by atoms with van der Waals surface area (Å²) in [6.07, 6.45) is 0. The zero-order valence-electron chi connectivity index (χ0n) is 9.25. The first-order chi connectivity index (χ1) is 6.85. The number of hydrogen-bond acceptors (Lipinski definition) is 2. The second-order valence-corrected chi connectivity index (χ2v) is 3.75. The molecule has 0 unspecified atom stereocenters. The summed E-state index contributed by atoms with van der Waals surface area (Å²) in [5, 5.41) is 10.5. The Morgan fingerprint density at radius 3 is 2.00 bits per heavy atom. The zero-order valence-corrected chi connectivity index (χ0v) is 9.25. The first-order valence-corrected chi connectivity index (χ1v) is 5.43. The van der Waals surface area contributed by atoms with E-state index in [0.717, 1.165) is 0 Å². The van der Waals surface area contributed by atoms with E-state index >= 15 is 0 Å². The minimum Gasteiger partial charge on any atom is -0.646 e. The fraction of sp³-hybridized carbons (Fsp3) is 1.00. The molecule has 0 aromatic rings. The fourth-order valence-electron chi connectivity index (χ4n) is 1.61. The lowest BCUT2D eigenvalue weighted by molar-refractivity contribution is -0.704. The van der Waals surface area contributed by atoms with E-state index in [0.29, 0.717) is 36.3 Å². The van der Waals surface area contributed by atoms with E-state index in [1.165, 1.54) is 0 Å².